The molecule has 2 atom stereocenters. The van der Waals surface area contributed by atoms with Crippen LogP contribution in [0.3, 0.4) is 0 Å². The van der Waals surface area contributed by atoms with Gasteiger partial charge in [0.25, 0.3) is 0 Å². The van der Waals surface area contributed by atoms with Crippen LogP contribution < -0.4 is 11.1 Å². The first-order valence-electron chi connectivity index (χ1n) is 6.33. The lowest BCUT2D eigenvalue weighted by atomic mass is 9.64. The van der Waals surface area contributed by atoms with Crippen molar-refractivity contribution in [3.8, 4) is 0 Å². The van der Waals surface area contributed by atoms with Crippen molar-refractivity contribution in [1.29, 1.82) is 0 Å². The quantitative estimate of drug-likeness (QED) is 0.207. The van der Waals surface area contributed by atoms with E-state index >= 15 is 0 Å². The molecule has 17 heavy (non-hydrogen) atoms. The van der Waals surface area contributed by atoms with Crippen molar-refractivity contribution in [2.24, 2.45) is 16.3 Å². The Morgan fingerprint density at radius 2 is 2.29 bits per heavy atom. The van der Waals surface area contributed by atoms with E-state index in [1.54, 1.807) is 0 Å². The maximum atomic E-state index is 8.40. The average Bonchev–Trinajstić information content (AvgIpc) is 2.31. The monoisotopic (exact) mass is 243 g/mol. The number of amidine groups is 1. The van der Waals surface area contributed by atoms with Crippen LogP contribution in [0.5, 0.6) is 0 Å². The van der Waals surface area contributed by atoms with Crippen molar-refractivity contribution >= 4 is 5.84 Å². The first-order valence-corrected chi connectivity index (χ1v) is 6.33. The highest BCUT2D eigenvalue weighted by atomic mass is 16.5. The van der Waals surface area contributed by atoms with E-state index in [0.717, 1.165) is 26.0 Å². The van der Waals surface area contributed by atoms with Gasteiger partial charge in [-0.2, -0.15) is 0 Å². The third-order valence-electron chi connectivity index (χ3n) is 3.67. The summed E-state index contributed by atoms with van der Waals surface area (Å²) >= 11 is 0. The highest BCUT2D eigenvalue weighted by Gasteiger charge is 2.48. The molecule has 0 aromatic carbocycles. The van der Waals surface area contributed by atoms with Gasteiger partial charge in [-0.15, -0.1) is 0 Å². The molecule has 100 valence electrons. The van der Waals surface area contributed by atoms with Crippen LogP contribution >= 0.6 is 0 Å². The molecule has 1 saturated carbocycles. The number of nitrogens with one attached hydrogen (secondary N) is 1. The van der Waals surface area contributed by atoms with Gasteiger partial charge in [0.2, 0.25) is 0 Å². The second kappa shape index (κ2) is 6.21. The Hall–Kier alpha value is -0.810. The molecule has 1 aliphatic rings. The number of nitrogens with zero attached hydrogens (tertiary/aromatic N) is 1. The summed E-state index contributed by atoms with van der Waals surface area (Å²) < 4.78 is 5.67. The molecule has 0 saturated heterocycles. The number of nitrogens with two attached hydrogens (primary N) is 1. The van der Waals surface area contributed by atoms with Crippen molar-refractivity contribution in [2.45, 2.75) is 52.2 Å². The molecule has 2 unspecified atom stereocenters. The van der Waals surface area contributed by atoms with Crippen LogP contribution in [-0.2, 0) is 4.74 Å². The van der Waals surface area contributed by atoms with Crippen LogP contribution in [0.15, 0.2) is 5.16 Å². The number of hydrogen-bond acceptors (Lipinski definition) is 4. The molecule has 5 nitrogen and oxygen atoms in total. The molecule has 0 heterocycles. The highest BCUT2D eigenvalue weighted by Crippen LogP contribution is 2.42. The van der Waals surface area contributed by atoms with E-state index in [9.17, 15) is 0 Å². The third-order valence-corrected chi connectivity index (χ3v) is 3.67. The molecule has 0 bridgehead atoms. The van der Waals surface area contributed by atoms with Crippen LogP contribution in [0.25, 0.3) is 0 Å². The lowest BCUT2D eigenvalue weighted by Gasteiger charge is -2.52. The molecule has 1 rings (SSSR count). The fourth-order valence-corrected chi connectivity index (χ4v) is 2.31. The number of rotatable bonds is 7. The molecule has 0 radical (unpaired) electrons. The van der Waals surface area contributed by atoms with E-state index in [-0.39, 0.29) is 5.41 Å². The lowest BCUT2D eigenvalue weighted by molar-refractivity contribution is -0.113. The van der Waals surface area contributed by atoms with Crippen molar-refractivity contribution in [3.63, 3.8) is 0 Å². The Kier molecular flexibility index (Phi) is 5.21. The van der Waals surface area contributed by atoms with Crippen LogP contribution in [0.4, 0.5) is 0 Å². The maximum absolute atomic E-state index is 8.40. The van der Waals surface area contributed by atoms with Crippen LogP contribution in [-0.4, -0.2) is 36.3 Å². The zero-order valence-electron chi connectivity index (χ0n) is 11.1. The van der Waals surface area contributed by atoms with E-state index in [4.69, 9.17) is 15.7 Å². The minimum absolute atomic E-state index is 0.201. The van der Waals surface area contributed by atoms with E-state index in [1.165, 1.54) is 0 Å². The Morgan fingerprint density at radius 1 is 1.59 bits per heavy atom. The van der Waals surface area contributed by atoms with Crippen molar-refractivity contribution in [3.05, 3.63) is 0 Å². The van der Waals surface area contributed by atoms with Crippen molar-refractivity contribution in [2.75, 3.05) is 13.2 Å². The predicted octanol–water partition coefficient (Wildman–Crippen LogP) is 1.31. The maximum Gasteiger partial charge on any atom is 0.139 e. The van der Waals surface area contributed by atoms with Gasteiger partial charge < -0.3 is 21.0 Å². The van der Waals surface area contributed by atoms with E-state index in [2.05, 4.69) is 24.3 Å². The van der Waals surface area contributed by atoms with Gasteiger partial charge in [-0.1, -0.05) is 19.0 Å². The van der Waals surface area contributed by atoms with Crippen LogP contribution in [0.1, 0.15) is 40.0 Å². The van der Waals surface area contributed by atoms with Gasteiger partial charge in [-0.25, -0.2) is 0 Å². The highest BCUT2D eigenvalue weighted by molar-refractivity contribution is 5.79. The molecule has 1 aliphatic carbocycles. The summed E-state index contributed by atoms with van der Waals surface area (Å²) in [5.41, 5.74) is 5.60. The average molecular weight is 243 g/mol. The summed E-state index contributed by atoms with van der Waals surface area (Å²) in [5.74, 6) is 0.298. The zero-order chi connectivity index (χ0) is 12.9. The topological polar surface area (TPSA) is 79.9 Å². The predicted molar refractivity (Wildman–Crippen MR) is 68.2 cm³/mol. The Balaban J connectivity index is 2.18. The van der Waals surface area contributed by atoms with Gasteiger partial charge in [0, 0.05) is 24.5 Å². The molecule has 0 aromatic heterocycles. The summed E-state index contributed by atoms with van der Waals surface area (Å²) in [4.78, 5) is 0. The largest absolute Gasteiger partial charge is 0.409 e. The molecular weight excluding hydrogens is 218 g/mol. The summed E-state index contributed by atoms with van der Waals surface area (Å²) in [6, 6.07) is 0.506. The zero-order valence-corrected chi connectivity index (χ0v) is 11.1. The van der Waals surface area contributed by atoms with Gasteiger partial charge >= 0.3 is 0 Å². The van der Waals surface area contributed by atoms with E-state index in [0.29, 0.717) is 24.4 Å². The first-order chi connectivity index (χ1) is 8.02. The molecule has 0 aliphatic heterocycles. The molecular formula is C12H25N3O2. The normalized spacial score (nSPS) is 27.8. The SMILES string of the molecule is CCOC1CC(NCCCC(N)=NO)C1(C)C. The Morgan fingerprint density at radius 3 is 2.82 bits per heavy atom. The van der Waals surface area contributed by atoms with Crippen molar-refractivity contribution < 1.29 is 9.94 Å². The minimum atomic E-state index is 0.201. The van der Waals surface area contributed by atoms with Gasteiger partial charge in [0.15, 0.2) is 0 Å². The molecule has 0 spiro atoms. The van der Waals surface area contributed by atoms with Crippen LogP contribution in [0, 0.1) is 5.41 Å². The fourth-order valence-electron chi connectivity index (χ4n) is 2.31. The second-order valence-electron chi connectivity index (χ2n) is 5.20. The van der Waals surface area contributed by atoms with Crippen molar-refractivity contribution in [1.82, 2.24) is 5.32 Å². The minimum Gasteiger partial charge on any atom is -0.409 e. The lowest BCUT2D eigenvalue weighted by Crippen LogP contribution is -2.61. The molecule has 1 fully saturated rings. The molecule has 5 heteroatoms. The number of oxime groups is 1. The summed E-state index contributed by atoms with van der Waals surface area (Å²) in [6.45, 7) is 8.18. The van der Waals surface area contributed by atoms with E-state index < -0.39 is 0 Å². The number of ether oxygens (including phenoxy) is 1. The molecule has 4 N–H and O–H groups in total. The molecule has 0 aromatic rings. The third kappa shape index (κ3) is 3.57. The van der Waals surface area contributed by atoms with Gasteiger partial charge in [-0.05, 0) is 26.3 Å². The standard InChI is InChI=1S/C12H25N3O2/c1-4-17-10-8-9(12(10,2)3)14-7-5-6-11(13)15-16/h9-10,14,16H,4-8H2,1-3H3,(H2,13,15). The van der Waals surface area contributed by atoms with Gasteiger partial charge in [0.1, 0.15) is 5.84 Å². The Bertz CT molecular complexity index is 266. The van der Waals surface area contributed by atoms with Crippen LogP contribution in [0.2, 0.25) is 0 Å². The Labute approximate surface area is 103 Å². The van der Waals surface area contributed by atoms with E-state index in [1.807, 2.05) is 6.92 Å². The van der Waals surface area contributed by atoms with Gasteiger partial charge in [-0.3, -0.25) is 0 Å². The second-order valence-corrected chi connectivity index (χ2v) is 5.20. The van der Waals surface area contributed by atoms with Gasteiger partial charge in [0.05, 0.1) is 6.10 Å². The summed E-state index contributed by atoms with van der Waals surface area (Å²) in [6.07, 6.45) is 2.96. The molecule has 0 amide bonds. The number of hydrogen-bond donors (Lipinski definition) is 3. The summed E-state index contributed by atoms with van der Waals surface area (Å²) in [7, 11) is 0. The smallest absolute Gasteiger partial charge is 0.139 e. The fraction of sp³-hybridized carbons (Fsp3) is 0.917. The first kappa shape index (κ1) is 14.3. The summed E-state index contributed by atoms with van der Waals surface area (Å²) in [5, 5.41) is 14.9.